The van der Waals surface area contributed by atoms with Gasteiger partial charge in [-0.25, -0.2) is 0 Å². The summed E-state index contributed by atoms with van der Waals surface area (Å²) in [5, 5.41) is 2.73. The fourth-order valence-electron chi connectivity index (χ4n) is 4.73. The van der Waals surface area contributed by atoms with Crippen LogP contribution in [-0.4, -0.2) is 50.4 Å². The van der Waals surface area contributed by atoms with Crippen molar-refractivity contribution in [2.24, 2.45) is 0 Å². The normalized spacial score (nSPS) is 15.2. The van der Waals surface area contributed by atoms with Gasteiger partial charge in [0.1, 0.15) is 12.4 Å². The van der Waals surface area contributed by atoms with Crippen LogP contribution in [0.3, 0.4) is 0 Å². The van der Waals surface area contributed by atoms with E-state index < -0.39 is 5.91 Å². The van der Waals surface area contributed by atoms with Gasteiger partial charge in [0, 0.05) is 13.5 Å². The molecule has 0 fully saturated rings. The molecule has 10 heteroatoms. The predicted octanol–water partition coefficient (Wildman–Crippen LogP) is 4.76. The summed E-state index contributed by atoms with van der Waals surface area (Å²) in [6, 6.07) is 7.84. The molecule has 2 aromatic heterocycles. The molecule has 1 amide bonds. The highest BCUT2D eigenvalue weighted by Crippen LogP contribution is 2.47. The summed E-state index contributed by atoms with van der Waals surface area (Å²) < 4.78 is 33.3. The van der Waals surface area contributed by atoms with Crippen LogP contribution in [-0.2, 0) is 27.1 Å². The number of carbonyl (C=O) groups excluding carboxylic acids is 1. The molecule has 3 aromatic rings. The first-order valence-electron chi connectivity index (χ1n) is 12.4. The Kier molecular flexibility index (Phi) is 7.66. The average Bonchev–Trinajstić information content (AvgIpc) is 3.39. The molecule has 4 rings (SSSR count). The van der Waals surface area contributed by atoms with Crippen LogP contribution in [0.5, 0.6) is 17.8 Å². The lowest BCUT2D eigenvalue weighted by Gasteiger charge is -2.24. The number of carbonyl (C=O) groups is 1. The predicted molar refractivity (Wildman–Crippen MR) is 140 cm³/mol. The molecule has 38 heavy (non-hydrogen) atoms. The monoisotopic (exact) mass is 525 g/mol. The Balaban J connectivity index is 1.53. The largest absolute Gasteiger partial charge is 0.479 e. The molecule has 0 spiro atoms. The van der Waals surface area contributed by atoms with Crippen LogP contribution in [0.15, 0.2) is 28.7 Å². The van der Waals surface area contributed by atoms with Crippen LogP contribution >= 0.6 is 0 Å². The Morgan fingerprint density at radius 1 is 0.947 bits per heavy atom. The minimum Gasteiger partial charge on any atom is -0.479 e. The first kappa shape index (κ1) is 27.4. The standard InChI is InChI=1S/C28H35N3O7/c1-16-13-19-20(28(4,5)38-27(19,2)3)15-17(16)14-18-9-10-21(37-18)23(32)29-22-24(34-7)30-26(31-25(22)35-8)36-12-11-33-6/h9-10,13,15H,11-12,14H2,1-8H3,(H,29,32). The summed E-state index contributed by atoms with van der Waals surface area (Å²) in [6.07, 6.45) is 0.534. The van der Waals surface area contributed by atoms with E-state index in [0.29, 0.717) is 18.8 Å². The molecule has 0 saturated heterocycles. The maximum absolute atomic E-state index is 13.1. The summed E-state index contributed by atoms with van der Waals surface area (Å²) in [7, 11) is 4.41. The number of aromatic nitrogens is 2. The van der Waals surface area contributed by atoms with E-state index in [1.807, 2.05) is 0 Å². The first-order chi connectivity index (χ1) is 18.0. The summed E-state index contributed by atoms with van der Waals surface area (Å²) in [6.45, 7) is 11.0. The SMILES string of the molecule is COCCOc1nc(OC)c(NC(=O)c2ccc(Cc3cc4c(cc3C)C(C)(C)OC4(C)C)o2)c(OC)n1. The molecule has 0 radical (unpaired) electrons. The Hall–Kier alpha value is -3.63. The zero-order valence-electron chi connectivity index (χ0n) is 23.2. The minimum atomic E-state index is -0.494. The van der Waals surface area contributed by atoms with Gasteiger partial charge in [-0.15, -0.1) is 0 Å². The number of anilines is 1. The molecule has 0 saturated carbocycles. The van der Waals surface area contributed by atoms with E-state index >= 15 is 0 Å². The molecule has 0 bridgehead atoms. The van der Waals surface area contributed by atoms with Gasteiger partial charge < -0.3 is 33.4 Å². The number of hydrogen-bond acceptors (Lipinski definition) is 9. The van der Waals surface area contributed by atoms with Crippen molar-refractivity contribution in [3.05, 3.63) is 58.0 Å². The van der Waals surface area contributed by atoms with Gasteiger partial charge in [0.15, 0.2) is 11.4 Å². The van der Waals surface area contributed by atoms with E-state index in [9.17, 15) is 4.79 Å². The van der Waals surface area contributed by atoms with E-state index in [1.54, 1.807) is 19.2 Å². The van der Waals surface area contributed by atoms with E-state index in [1.165, 1.54) is 25.3 Å². The van der Waals surface area contributed by atoms with Gasteiger partial charge >= 0.3 is 6.01 Å². The number of amides is 1. The van der Waals surface area contributed by atoms with Gasteiger partial charge in [0.25, 0.3) is 5.91 Å². The van der Waals surface area contributed by atoms with Gasteiger partial charge in [-0.2, -0.15) is 9.97 Å². The first-order valence-corrected chi connectivity index (χ1v) is 12.4. The van der Waals surface area contributed by atoms with Crippen molar-refractivity contribution in [1.29, 1.82) is 0 Å². The number of hydrogen-bond donors (Lipinski definition) is 1. The second-order valence-corrected chi connectivity index (χ2v) is 10.1. The van der Waals surface area contributed by atoms with Crippen molar-refractivity contribution >= 4 is 11.6 Å². The number of rotatable bonds is 10. The fourth-order valence-corrected chi connectivity index (χ4v) is 4.73. The number of fused-ring (bicyclic) bond motifs is 1. The lowest BCUT2D eigenvalue weighted by atomic mass is 9.86. The minimum absolute atomic E-state index is 0.0377. The van der Waals surface area contributed by atoms with Crippen molar-refractivity contribution in [2.75, 3.05) is 39.9 Å². The van der Waals surface area contributed by atoms with E-state index in [2.05, 4.69) is 62.0 Å². The third-order valence-electron chi connectivity index (χ3n) is 6.50. The Morgan fingerprint density at radius 2 is 1.58 bits per heavy atom. The van der Waals surface area contributed by atoms with Crippen LogP contribution in [0.2, 0.25) is 0 Å². The van der Waals surface area contributed by atoms with E-state index in [0.717, 1.165) is 11.1 Å². The van der Waals surface area contributed by atoms with E-state index in [4.69, 9.17) is 28.1 Å². The number of benzene rings is 1. The Morgan fingerprint density at radius 3 is 2.18 bits per heavy atom. The van der Waals surface area contributed by atoms with Gasteiger partial charge in [-0.3, -0.25) is 4.79 Å². The van der Waals surface area contributed by atoms with Crippen molar-refractivity contribution in [1.82, 2.24) is 9.97 Å². The Bertz CT molecular complexity index is 1300. The van der Waals surface area contributed by atoms with Crippen molar-refractivity contribution < 1.29 is 32.9 Å². The smallest absolute Gasteiger partial charge is 0.323 e. The highest BCUT2D eigenvalue weighted by Gasteiger charge is 2.43. The molecular formula is C28H35N3O7. The fraction of sp³-hybridized carbons (Fsp3) is 0.464. The summed E-state index contributed by atoms with van der Waals surface area (Å²) in [5.41, 5.74) is 4.04. The number of ether oxygens (including phenoxy) is 5. The van der Waals surface area contributed by atoms with Crippen molar-refractivity contribution in [3.63, 3.8) is 0 Å². The van der Waals surface area contributed by atoms with Crippen LogP contribution in [0.1, 0.15) is 66.3 Å². The van der Waals surface area contributed by atoms with Crippen LogP contribution in [0, 0.1) is 6.92 Å². The lowest BCUT2D eigenvalue weighted by Crippen LogP contribution is -2.22. The molecule has 0 unspecified atom stereocenters. The number of nitrogens with zero attached hydrogens (tertiary/aromatic N) is 2. The maximum Gasteiger partial charge on any atom is 0.323 e. The number of nitrogens with one attached hydrogen (secondary N) is 1. The van der Waals surface area contributed by atoms with Crippen LogP contribution in [0.25, 0.3) is 0 Å². The molecule has 10 nitrogen and oxygen atoms in total. The second kappa shape index (κ2) is 10.6. The lowest BCUT2D eigenvalue weighted by molar-refractivity contribution is -0.105. The van der Waals surface area contributed by atoms with Gasteiger partial charge in [-0.1, -0.05) is 12.1 Å². The molecule has 1 aliphatic rings. The highest BCUT2D eigenvalue weighted by atomic mass is 16.5. The number of aryl methyl sites for hydroxylation is 1. The maximum atomic E-state index is 13.1. The number of furan rings is 1. The molecule has 3 heterocycles. The molecule has 1 aliphatic heterocycles. The molecule has 0 atom stereocenters. The van der Waals surface area contributed by atoms with Gasteiger partial charge in [0.05, 0.1) is 32.0 Å². The zero-order valence-corrected chi connectivity index (χ0v) is 23.2. The summed E-state index contributed by atoms with van der Waals surface area (Å²) in [5.74, 6) is 0.475. The van der Waals surface area contributed by atoms with Crippen LogP contribution in [0.4, 0.5) is 5.69 Å². The molecule has 1 N–H and O–H groups in total. The Labute approximate surface area is 222 Å². The third kappa shape index (κ3) is 5.46. The number of methoxy groups -OCH3 is 3. The average molecular weight is 526 g/mol. The quantitative estimate of drug-likeness (QED) is 0.374. The van der Waals surface area contributed by atoms with E-state index in [-0.39, 0.29) is 47.0 Å². The third-order valence-corrected chi connectivity index (χ3v) is 6.50. The molecule has 204 valence electrons. The zero-order chi connectivity index (χ0) is 27.7. The van der Waals surface area contributed by atoms with Gasteiger partial charge in [0.2, 0.25) is 11.8 Å². The highest BCUT2D eigenvalue weighted by molar-refractivity contribution is 6.03. The second-order valence-electron chi connectivity index (χ2n) is 10.1. The topological polar surface area (TPSA) is 114 Å². The summed E-state index contributed by atoms with van der Waals surface area (Å²) in [4.78, 5) is 21.4. The van der Waals surface area contributed by atoms with Crippen molar-refractivity contribution in [2.45, 2.75) is 52.2 Å². The molecule has 1 aromatic carbocycles. The van der Waals surface area contributed by atoms with Crippen LogP contribution < -0.4 is 19.5 Å². The van der Waals surface area contributed by atoms with Gasteiger partial charge in [-0.05, 0) is 69.0 Å². The molecular weight excluding hydrogens is 490 g/mol. The van der Waals surface area contributed by atoms with Crippen molar-refractivity contribution in [3.8, 4) is 17.8 Å². The molecule has 0 aliphatic carbocycles. The summed E-state index contributed by atoms with van der Waals surface area (Å²) >= 11 is 0.